The third-order valence-corrected chi connectivity index (χ3v) is 2.80. The molecule has 5 heteroatoms. The molecule has 5 nitrogen and oxygen atoms in total. The maximum Gasteiger partial charge on any atom is 0.253 e. The highest BCUT2D eigenvalue weighted by Gasteiger charge is 2.14. The molecule has 0 saturated heterocycles. The van der Waals surface area contributed by atoms with Crippen LogP contribution in [0.2, 0.25) is 0 Å². The quantitative estimate of drug-likeness (QED) is 0.729. The molecule has 0 aliphatic heterocycles. The van der Waals surface area contributed by atoms with Crippen LogP contribution in [0.3, 0.4) is 0 Å². The van der Waals surface area contributed by atoms with Crippen molar-refractivity contribution in [3.05, 3.63) is 53.9 Å². The van der Waals surface area contributed by atoms with Crippen molar-refractivity contribution in [1.29, 1.82) is 0 Å². The number of nitrogens with zero attached hydrogens (tertiary/aromatic N) is 1. The van der Waals surface area contributed by atoms with E-state index in [0.717, 1.165) is 5.69 Å². The summed E-state index contributed by atoms with van der Waals surface area (Å²) in [5.41, 5.74) is 13.5. The number of carbonyl (C=O) groups is 1. The number of nitrogens with two attached hydrogens (primary N) is 2. The number of rotatable bonds is 3. The third-order valence-electron chi connectivity index (χ3n) is 2.80. The first-order chi connectivity index (χ1) is 9.08. The Balaban J connectivity index is 2.13. The molecule has 0 spiro atoms. The number of hydrogen-bond donors (Lipinski definition) is 3. The molecule has 0 saturated carbocycles. The van der Waals surface area contributed by atoms with Gasteiger partial charge in [0.2, 0.25) is 0 Å². The van der Waals surface area contributed by atoms with Gasteiger partial charge >= 0.3 is 0 Å². The topological polar surface area (TPSA) is 94.0 Å². The normalized spacial score (nSPS) is 11.8. The first-order valence-corrected chi connectivity index (χ1v) is 5.94. The van der Waals surface area contributed by atoms with Crippen molar-refractivity contribution in [3.63, 3.8) is 0 Å². The molecule has 1 aromatic heterocycles. The summed E-state index contributed by atoms with van der Waals surface area (Å²) in [6.07, 6.45) is 1.69. The molecule has 1 atom stereocenters. The zero-order valence-corrected chi connectivity index (χ0v) is 10.6. The highest BCUT2D eigenvalue weighted by Crippen LogP contribution is 2.17. The van der Waals surface area contributed by atoms with Gasteiger partial charge in [0.25, 0.3) is 5.91 Å². The van der Waals surface area contributed by atoms with Gasteiger partial charge in [-0.2, -0.15) is 0 Å². The van der Waals surface area contributed by atoms with Gasteiger partial charge in [0, 0.05) is 17.6 Å². The molecule has 0 aliphatic rings. The Morgan fingerprint density at radius 1 is 1.26 bits per heavy atom. The lowest BCUT2D eigenvalue weighted by atomic mass is 10.1. The summed E-state index contributed by atoms with van der Waals surface area (Å²) in [4.78, 5) is 16.3. The number of hydrogen-bond acceptors (Lipinski definition) is 4. The SMILES string of the molecule is CC(NC(=O)c1ccc(N)cc1N)c1ccccn1. The Hall–Kier alpha value is -2.56. The molecular weight excluding hydrogens is 240 g/mol. The second-order valence-corrected chi connectivity index (χ2v) is 4.30. The smallest absolute Gasteiger partial charge is 0.253 e. The maximum absolute atomic E-state index is 12.1. The Morgan fingerprint density at radius 3 is 2.68 bits per heavy atom. The third kappa shape index (κ3) is 3.01. The summed E-state index contributed by atoms with van der Waals surface area (Å²) >= 11 is 0. The molecule has 1 unspecified atom stereocenters. The molecule has 0 fully saturated rings. The van der Waals surface area contributed by atoms with Crippen LogP contribution in [-0.4, -0.2) is 10.9 Å². The van der Waals surface area contributed by atoms with Crippen molar-refractivity contribution in [2.24, 2.45) is 0 Å². The fraction of sp³-hybridized carbons (Fsp3) is 0.143. The van der Waals surface area contributed by atoms with E-state index < -0.39 is 0 Å². The molecule has 1 aromatic carbocycles. The average molecular weight is 256 g/mol. The minimum absolute atomic E-state index is 0.189. The van der Waals surface area contributed by atoms with Crippen LogP contribution in [0.15, 0.2) is 42.6 Å². The lowest BCUT2D eigenvalue weighted by Crippen LogP contribution is -2.27. The highest BCUT2D eigenvalue weighted by atomic mass is 16.1. The summed E-state index contributed by atoms with van der Waals surface area (Å²) in [6.45, 7) is 1.87. The van der Waals surface area contributed by atoms with E-state index in [1.54, 1.807) is 24.4 Å². The molecule has 0 aliphatic carbocycles. The molecule has 1 heterocycles. The van der Waals surface area contributed by atoms with E-state index in [1.807, 2.05) is 25.1 Å². The lowest BCUT2D eigenvalue weighted by molar-refractivity contribution is 0.0940. The number of nitrogens with one attached hydrogen (secondary N) is 1. The van der Waals surface area contributed by atoms with E-state index in [2.05, 4.69) is 10.3 Å². The van der Waals surface area contributed by atoms with Crippen molar-refractivity contribution < 1.29 is 4.79 Å². The van der Waals surface area contributed by atoms with Gasteiger partial charge in [-0.3, -0.25) is 9.78 Å². The van der Waals surface area contributed by atoms with E-state index in [1.165, 1.54) is 0 Å². The van der Waals surface area contributed by atoms with E-state index in [9.17, 15) is 4.79 Å². The number of pyridine rings is 1. The zero-order valence-electron chi connectivity index (χ0n) is 10.6. The van der Waals surface area contributed by atoms with Crippen molar-refractivity contribution in [3.8, 4) is 0 Å². The van der Waals surface area contributed by atoms with Crippen molar-refractivity contribution in [2.45, 2.75) is 13.0 Å². The fourth-order valence-electron chi connectivity index (χ4n) is 1.77. The van der Waals surface area contributed by atoms with Gasteiger partial charge in [-0.15, -0.1) is 0 Å². The summed E-state index contributed by atoms with van der Waals surface area (Å²) in [5, 5.41) is 2.85. The van der Waals surface area contributed by atoms with Gasteiger partial charge in [-0.25, -0.2) is 0 Å². The molecule has 5 N–H and O–H groups in total. The molecule has 2 rings (SSSR count). The Morgan fingerprint density at radius 2 is 2.05 bits per heavy atom. The van der Waals surface area contributed by atoms with Crippen molar-refractivity contribution in [1.82, 2.24) is 10.3 Å². The Labute approximate surface area is 111 Å². The van der Waals surface area contributed by atoms with E-state index >= 15 is 0 Å². The van der Waals surface area contributed by atoms with Crippen LogP contribution >= 0.6 is 0 Å². The number of carbonyl (C=O) groups excluding carboxylic acids is 1. The van der Waals surface area contributed by atoms with Gasteiger partial charge < -0.3 is 16.8 Å². The van der Waals surface area contributed by atoms with Crippen molar-refractivity contribution >= 4 is 17.3 Å². The zero-order chi connectivity index (χ0) is 13.8. The second kappa shape index (κ2) is 5.39. The highest BCUT2D eigenvalue weighted by molar-refractivity contribution is 5.99. The first-order valence-electron chi connectivity index (χ1n) is 5.94. The van der Waals surface area contributed by atoms with Crippen molar-refractivity contribution in [2.75, 3.05) is 11.5 Å². The largest absolute Gasteiger partial charge is 0.399 e. The fourth-order valence-corrected chi connectivity index (χ4v) is 1.77. The second-order valence-electron chi connectivity index (χ2n) is 4.30. The summed E-state index contributed by atoms with van der Waals surface area (Å²) < 4.78 is 0. The van der Waals surface area contributed by atoms with Crippen LogP contribution in [-0.2, 0) is 0 Å². The molecule has 19 heavy (non-hydrogen) atoms. The summed E-state index contributed by atoms with van der Waals surface area (Å²) in [6, 6.07) is 10.2. The minimum atomic E-state index is -0.240. The van der Waals surface area contributed by atoms with Crippen LogP contribution in [0, 0.1) is 0 Å². The Bertz CT molecular complexity index is 583. The molecular formula is C14H16N4O. The summed E-state index contributed by atoms with van der Waals surface area (Å²) in [7, 11) is 0. The van der Waals surface area contributed by atoms with Gasteiger partial charge in [0.1, 0.15) is 0 Å². The van der Waals surface area contributed by atoms with Gasteiger partial charge in [-0.1, -0.05) is 6.07 Å². The molecule has 0 bridgehead atoms. The lowest BCUT2D eigenvalue weighted by Gasteiger charge is -2.14. The predicted molar refractivity (Wildman–Crippen MR) is 75.4 cm³/mol. The van der Waals surface area contributed by atoms with Crippen LogP contribution < -0.4 is 16.8 Å². The number of aromatic nitrogens is 1. The predicted octanol–water partition coefficient (Wildman–Crippen LogP) is 1.74. The monoisotopic (exact) mass is 256 g/mol. The molecule has 2 aromatic rings. The van der Waals surface area contributed by atoms with Crippen LogP contribution in [0.1, 0.15) is 29.0 Å². The Kier molecular flexibility index (Phi) is 3.66. The maximum atomic E-state index is 12.1. The molecule has 1 amide bonds. The average Bonchev–Trinajstić information content (AvgIpc) is 2.39. The minimum Gasteiger partial charge on any atom is -0.399 e. The van der Waals surface area contributed by atoms with Gasteiger partial charge in [0.05, 0.1) is 17.3 Å². The molecule has 98 valence electrons. The number of amides is 1. The van der Waals surface area contributed by atoms with Crippen LogP contribution in [0.25, 0.3) is 0 Å². The standard InChI is InChI=1S/C14H16N4O/c1-9(13-4-2-3-7-17-13)18-14(19)11-6-5-10(15)8-12(11)16/h2-9H,15-16H2,1H3,(H,18,19). The van der Waals surface area contributed by atoms with Gasteiger partial charge in [0.15, 0.2) is 0 Å². The van der Waals surface area contributed by atoms with Crippen LogP contribution in [0.5, 0.6) is 0 Å². The summed E-state index contributed by atoms with van der Waals surface area (Å²) in [5.74, 6) is -0.240. The first kappa shape index (κ1) is 12.9. The van der Waals surface area contributed by atoms with Crippen LogP contribution in [0.4, 0.5) is 11.4 Å². The number of anilines is 2. The molecule has 0 radical (unpaired) electrons. The van der Waals surface area contributed by atoms with E-state index in [0.29, 0.717) is 16.9 Å². The van der Waals surface area contributed by atoms with E-state index in [4.69, 9.17) is 11.5 Å². The van der Waals surface area contributed by atoms with Gasteiger partial charge in [-0.05, 0) is 37.3 Å². The number of nitrogen functional groups attached to an aromatic ring is 2. The number of benzene rings is 1. The van der Waals surface area contributed by atoms with E-state index in [-0.39, 0.29) is 11.9 Å².